The van der Waals surface area contributed by atoms with Crippen LogP contribution in [0.25, 0.3) is 0 Å². The summed E-state index contributed by atoms with van der Waals surface area (Å²) in [7, 11) is 0. The lowest BCUT2D eigenvalue weighted by atomic mass is 10.0. The molecule has 1 saturated carbocycles. The Hall–Kier alpha value is 0.250. The van der Waals surface area contributed by atoms with Crippen molar-refractivity contribution in [1.29, 1.82) is 0 Å². The highest BCUT2D eigenvalue weighted by atomic mass is 35.5. The third kappa shape index (κ3) is 4.65. The van der Waals surface area contributed by atoms with Crippen molar-refractivity contribution in [3.8, 4) is 0 Å². The maximum atomic E-state index is 5.80. The SMILES string of the molecule is CCCC(CCCl)CNC1CCCC1. The van der Waals surface area contributed by atoms with Crippen LogP contribution in [0.5, 0.6) is 0 Å². The summed E-state index contributed by atoms with van der Waals surface area (Å²) in [5, 5.41) is 3.69. The molecule has 2 heteroatoms. The topological polar surface area (TPSA) is 12.0 Å². The normalized spacial score (nSPS) is 20.1. The van der Waals surface area contributed by atoms with E-state index >= 15 is 0 Å². The molecule has 0 radical (unpaired) electrons. The van der Waals surface area contributed by atoms with Gasteiger partial charge in [0, 0.05) is 11.9 Å². The van der Waals surface area contributed by atoms with E-state index in [2.05, 4.69) is 12.2 Å². The van der Waals surface area contributed by atoms with Crippen LogP contribution in [-0.2, 0) is 0 Å². The Morgan fingerprint density at radius 3 is 2.57 bits per heavy atom. The smallest absolute Gasteiger partial charge is 0.0226 e. The van der Waals surface area contributed by atoms with Crippen molar-refractivity contribution in [1.82, 2.24) is 5.32 Å². The zero-order chi connectivity index (χ0) is 10.2. The van der Waals surface area contributed by atoms with E-state index in [9.17, 15) is 0 Å². The summed E-state index contributed by atoms with van der Waals surface area (Å²) in [6, 6.07) is 0.810. The van der Waals surface area contributed by atoms with Crippen molar-refractivity contribution >= 4 is 11.6 Å². The Morgan fingerprint density at radius 2 is 2.00 bits per heavy atom. The second-order valence-electron chi connectivity index (χ2n) is 4.52. The van der Waals surface area contributed by atoms with Crippen LogP contribution in [0.3, 0.4) is 0 Å². The summed E-state index contributed by atoms with van der Waals surface area (Å²) in [4.78, 5) is 0. The summed E-state index contributed by atoms with van der Waals surface area (Å²) in [5.74, 6) is 1.62. The second kappa shape index (κ2) is 7.53. The highest BCUT2D eigenvalue weighted by Gasteiger charge is 2.15. The van der Waals surface area contributed by atoms with Gasteiger partial charge in [-0.1, -0.05) is 26.2 Å². The van der Waals surface area contributed by atoms with Crippen LogP contribution in [0.4, 0.5) is 0 Å². The molecule has 1 rings (SSSR count). The number of hydrogen-bond acceptors (Lipinski definition) is 1. The Kier molecular flexibility index (Phi) is 6.63. The van der Waals surface area contributed by atoms with Crippen molar-refractivity contribution in [2.75, 3.05) is 12.4 Å². The molecule has 84 valence electrons. The fraction of sp³-hybridized carbons (Fsp3) is 1.00. The van der Waals surface area contributed by atoms with E-state index in [4.69, 9.17) is 11.6 Å². The Morgan fingerprint density at radius 1 is 1.29 bits per heavy atom. The lowest BCUT2D eigenvalue weighted by Gasteiger charge is -2.19. The van der Waals surface area contributed by atoms with E-state index in [-0.39, 0.29) is 0 Å². The van der Waals surface area contributed by atoms with Crippen LogP contribution in [0, 0.1) is 5.92 Å². The first-order chi connectivity index (χ1) is 6.86. The lowest BCUT2D eigenvalue weighted by Crippen LogP contribution is -2.31. The van der Waals surface area contributed by atoms with Crippen LogP contribution >= 0.6 is 11.6 Å². The van der Waals surface area contributed by atoms with E-state index < -0.39 is 0 Å². The average molecular weight is 218 g/mol. The molecule has 1 atom stereocenters. The molecule has 1 fully saturated rings. The summed E-state index contributed by atoms with van der Waals surface area (Å²) in [6.07, 6.45) is 9.41. The molecular formula is C12H24ClN. The molecule has 0 aliphatic heterocycles. The number of alkyl halides is 1. The minimum Gasteiger partial charge on any atom is -0.314 e. The summed E-state index contributed by atoms with van der Waals surface area (Å²) < 4.78 is 0. The molecule has 0 bridgehead atoms. The predicted molar refractivity (Wildman–Crippen MR) is 64.0 cm³/mol. The quantitative estimate of drug-likeness (QED) is 0.643. The molecule has 14 heavy (non-hydrogen) atoms. The Balaban J connectivity index is 2.10. The zero-order valence-electron chi connectivity index (χ0n) is 9.40. The van der Waals surface area contributed by atoms with Crippen molar-refractivity contribution in [2.24, 2.45) is 5.92 Å². The van der Waals surface area contributed by atoms with E-state index in [0.717, 1.165) is 17.8 Å². The third-order valence-corrected chi connectivity index (χ3v) is 3.48. The fourth-order valence-electron chi connectivity index (χ4n) is 2.37. The molecule has 0 heterocycles. The van der Waals surface area contributed by atoms with Gasteiger partial charge in [-0.15, -0.1) is 11.6 Å². The van der Waals surface area contributed by atoms with E-state index in [1.165, 1.54) is 51.5 Å². The van der Waals surface area contributed by atoms with Crippen LogP contribution in [0.15, 0.2) is 0 Å². The molecule has 1 aliphatic rings. The van der Waals surface area contributed by atoms with Crippen molar-refractivity contribution in [3.63, 3.8) is 0 Å². The standard InChI is InChI=1S/C12H24ClN/c1-2-5-11(8-9-13)10-14-12-6-3-4-7-12/h11-12,14H,2-10H2,1H3. The monoisotopic (exact) mass is 217 g/mol. The fourth-order valence-corrected chi connectivity index (χ4v) is 2.68. The van der Waals surface area contributed by atoms with Gasteiger partial charge in [0.25, 0.3) is 0 Å². The molecule has 0 spiro atoms. The first kappa shape index (κ1) is 12.3. The Labute approximate surface area is 93.6 Å². The van der Waals surface area contributed by atoms with Crippen LogP contribution in [-0.4, -0.2) is 18.5 Å². The average Bonchev–Trinajstić information content (AvgIpc) is 2.67. The maximum Gasteiger partial charge on any atom is 0.0226 e. The third-order valence-electron chi connectivity index (χ3n) is 3.26. The lowest BCUT2D eigenvalue weighted by molar-refractivity contribution is 0.396. The number of nitrogens with one attached hydrogen (secondary N) is 1. The molecule has 0 aromatic carbocycles. The molecule has 1 aliphatic carbocycles. The molecule has 0 saturated heterocycles. The molecule has 0 amide bonds. The van der Waals surface area contributed by atoms with Gasteiger partial charge < -0.3 is 5.32 Å². The molecule has 1 N–H and O–H groups in total. The van der Waals surface area contributed by atoms with Gasteiger partial charge in [-0.05, 0) is 38.1 Å². The summed E-state index contributed by atoms with van der Waals surface area (Å²) >= 11 is 5.80. The van der Waals surface area contributed by atoms with E-state index in [0.29, 0.717) is 0 Å². The first-order valence-electron chi connectivity index (χ1n) is 6.16. The molecule has 1 unspecified atom stereocenters. The highest BCUT2D eigenvalue weighted by Crippen LogP contribution is 2.19. The van der Waals surface area contributed by atoms with Gasteiger partial charge in [0.05, 0.1) is 0 Å². The molecular weight excluding hydrogens is 194 g/mol. The minimum absolute atomic E-state index is 0.804. The van der Waals surface area contributed by atoms with Gasteiger partial charge in [0.15, 0.2) is 0 Å². The van der Waals surface area contributed by atoms with Crippen LogP contribution in [0.2, 0.25) is 0 Å². The van der Waals surface area contributed by atoms with Crippen LogP contribution in [0.1, 0.15) is 51.9 Å². The van der Waals surface area contributed by atoms with Crippen molar-refractivity contribution in [2.45, 2.75) is 57.9 Å². The number of hydrogen-bond donors (Lipinski definition) is 1. The Bertz CT molecular complexity index is 126. The largest absolute Gasteiger partial charge is 0.314 e. The van der Waals surface area contributed by atoms with Crippen molar-refractivity contribution < 1.29 is 0 Å². The number of halogens is 1. The summed E-state index contributed by atoms with van der Waals surface area (Å²) in [5.41, 5.74) is 0. The number of rotatable bonds is 7. The highest BCUT2D eigenvalue weighted by molar-refractivity contribution is 6.17. The zero-order valence-corrected chi connectivity index (χ0v) is 10.2. The van der Waals surface area contributed by atoms with Gasteiger partial charge in [0.1, 0.15) is 0 Å². The van der Waals surface area contributed by atoms with Gasteiger partial charge in [-0.25, -0.2) is 0 Å². The van der Waals surface area contributed by atoms with Crippen molar-refractivity contribution in [3.05, 3.63) is 0 Å². The van der Waals surface area contributed by atoms with Crippen LogP contribution < -0.4 is 5.32 Å². The maximum absolute atomic E-state index is 5.80. The van der Waals surface area contributed by atoms with Gasteiger partial charge >= 0.3 is 0 Å². The van der Waals surface area contributed by atoms with E-state index in [1.54, 1.807) is 0 Å². The van der Waals surface area contributed by atoms with Gasteiger partial charge in [-0.2, -0.15) is 0 Å². The minimum atomic E-state index is 0.804. The predicted octanol–water partition coefficient (Wildman–Crippen LogP) is 3.56. The molecule has 0 aromatic heterocycles. The second-order valence-corrected chi connectivity index (χ2v) is 4.90. The summed E-state index contributed by atoms with van der Waals surface area (Å²) in [6.45, 7) is 3.45. The molecule has 1 nitrogen and oxygen atoms in total. The van der Waals surface area contributed by atoms with E-state index in [1.807, 2.05) is 0 Å². The molecule has 0 aromatic rings. The van der Waals surface area contributed by atoms with Gasteiger partial charge in [0.2, 0.25) is 0 Å². The first-order valence-corrected chi connectivity index (χ1v) is 6.69. The van der Waals surface area contributed by atoms with Gasteiger partial charge in [-0.3, -0.25) is 0 Å².